The summed E-state index contributed by atoms with van der Waals surface area (Å²) in [5.41, 5.74) is 2.14. The lowest BCUT2D eigenvalue weighted by atomic mass is 10.2. The summed E-state index contributed by atoms with van der Waals surface area (Å²) >= 11 is 0. The number of nitrogens with zero attached hydrogens (tertiary/aromatic N) is 2. The zero-order valence-corrected chi connectivity index (χ0v) is 11.0. The van der Waals surface area contributed by atoms with Gasteiger partial charge in [-0.25, -0.2) is 5.84 Å². The van der Waals surface area contributed by atoms with Crippen LogP contribution in [0, 0.1) is 0 Å². The Hall–Kier alpha value is -0.690. The monoisotopic (exact) mass is 244 g/mol. The van der Waals surface area contributed by atoms with Crippen LogP contribution in [0.4, 0.5) is 0 Å². The van der Waals surface area contributed by atoms with Crippen molar-refractivity contribution in [1.82, 2.24) is 15.2 Å². The number of nitrogens with one attached hydrogen (secondary N) is 1. The predicted molar refractivity (Wildman–Crippen MR) is 66.3 cm³/mol. The Bertz CT molecular complexity index is 248. The molecule has 0 radical (unpaired) electrons. The number of hydrogen-bond donors (Lipinski definition) is 2. The van der Waals surface area contributed by atoms with Gasteiger partial charge in [0.2, 0.25) is 0 Å². The fraction of sp³-hybridized carbons (Fsp3) is 0.909. The Kier molecular flexibility index (Phi) is 5.84. The third-order valence-corrected chi connectivity index (χ3v) is 2.99. The van der Waals surface area contributed by atoms with Gasteiger partial charge in [0.25, 0.3) is 5.91 Å². The van der Waals surface area contributed by atoms with Gasteiger partial charge in [0.05, 0.1) is 6.10 Å². The third-order valence-electron chi connectivity index (χ3n) is 2.99. The van der Waals surface area contributed by atoms with E-state index < -0.39 is 0 Å². The molecule has 1 fully saturated rings. The zero-order chi connectivity index (χ0) is 12.8. The van der Waals surface area contributed by atoms with Crippen molar-refractivity contribution in [2.75, 3.05) is 40.8 Å². The SMILES string of the molecule is CN(C)CCN(C)CC1CCC(C(=O)NN)O1. The molecule has 2 unspecified atom stereocenters. The highest BCUT2D eigenvalue weighted by Gasteiger charge is 2.30. The number of carbonyl (C=O) groups is 1. The molecule has 1 saturated heterocycles. The number of nitrogens with two attached hydrogens (primary N) is 1. The summed E-state index contributed by atoms with van der Waals surface area (Å²) in [6.07, 6.45) is 1.45. The largest absolute Gasteiger partial charge is 0.364 e. The summed E-state index contributed by atoms with van der Waals surface area (Å²) in [5, 5.41) is 0. The van der Waals surface area contributed by atoms with Gasteiger partial charge in [-0.2, -0.15) is 0 Å². The predicted octanol–water partition coefficient (Wildman–Crippen LogP) is -0.983. The van der Waals surface area contributed by atoms with Crippen LogP contribution < -0.4 is 11.3 Å². The minimum absolute atomic E-state index is 0.143. The van der Waals surface area contributed by atoms with Crippen molar-refractivity contribution < 1.29 is 9.53 Å². The van der Waals surface area contributed by atoms with Crippen molar-refractivity contribution in [2.45, 2.75) is 25.0 Å². The first-order valence-corrected chi connectivity index (χ1v) is 6.02. The first-order chi connectivity index (χ1) is 8.02. The molecule has 1 heterocycles. The molecule has 2 atom stereocenters. The molecule has 1 amide bonds. The minimum atomic E-state index is -0.368. The maximum absolute atomic E-state index is 11.3. The van der Waals surface area contributed by atoms with E-state index >= 15 is 0 Å². The van der Waals surface area contributed by atoms with Gasteiger partial charge in [0.1, 0.15) is 6.10 Å². The number of carbonyl (C=O) groups excluding carboxylic acids is 1. The van der Waals surface area contributed by atoms with Crippen molar-refractivity contribution >= 4 is 5.91 Å². The van der Waals surface area contributed by atoms with Crippen molar-refractivity contribution in [3.63, 3.8) is 0 Å². The molecule has 0 spiro atoms. The van der Waals surface area contributed by atoms with Crippen LogP contribution in [-0.4, -0.2) is 68.7 Å². The number of rotatable bonds is 6. The highest BCUT2D eigenvalue weighted by atomic mass is 16.5. The van der Waals surface area contributed by atoms with E-state index in [9.17, 15) is 4.79 Å². The Morgan fingerprint density at radius 2 is 2.06 bits per heavy atom. The summed E-state index contributed by atoms with van der Waals surface area (Å²) in [6.45, 7) is 2.89. The van der Waals surface area contributed by atoms with Crippen molar-refractivity contribution in [1.29, 1.82) is 0 Å². The number of amides is 1. The van der Waals surface area contributed by atoms with E-state index in [1.54, 1.807) is 0 Å². The first kappa shape index (κ1) is 14.4. The lowest BCUT2D eigenvalue weighted by Crippen LogP contribution is -2.40. The lowest BCUT2D eigenvalue weighted by Gasteiger charge is -2.22. The van der Waals surface area contributed by atoms with Crippen molar-refractivity contribution in [3.8, 4) is 0 Å². The van der Waals surface area contributed by atoms with Gasteiger partial charge in [-0.15, -0.1) is 0 Å². The number of hydrazine groups is 1. The Morgan fingerprint density at radius 1 is 1.35 bits per heavy atom. The molecular weight excluding hydrogens is 220 g/mol. The van der Waals surface area contributed by atoms with Crippen LogP contribution in [-0.2, 0) is 9.53 Å². The molecule has 0 aromatic rings. The minimum Gasteiger partial charge on any atom is -0.364 e. The molecule has 1 rings (SSSR count). The van der Waals surface area contributed by atoms with E-state index in [2.05, 4.69) is 36.4 Å². The van der Waals surface area contributed by atoms with Crippen LogP contribution in [0.15, 0.2) is 0 Å². The lowest BCUT2D eigenvalue weighted by molar-refractivity contribution is -0.132. The number of ether oxygens (including phenoxy) is 1. The average Bonchev–Trinajstić information content (AvgIpc) is 2.73. The molecule has 6 nitrogen and oxygen atoms in total. The second-order valence-electron chi connectivity index (χ2n) is 4.90. The Balaban J connectivity index is 2.23. The molecule has 1 aliphatic heterocycles. The highest BCUT2D eigenvalue weighted by molar-refractivity contribution is 5.80. The summed E-state index contributed by atoms with van der Waals surface area (Å²) in [6, 6.07) is 0. The first-order valence-electron chi connectivity index (χ1n) is 6.02. The standard InChI is InChI=1S/C11H24N4O2/c1-14(2)6-7-15(3)8-9-4-5-10(17-9)11(16)13-12/h9-10H,4-8,12H2,1-3H3,(H,13,16). The molecule has 0 bridgehead atoms. The molecule has 3 N–H and O–H groups in total. The molecule has 6 heteroatoms. The molecule has 100 valence electrons. The van der Waals surface area contributed by atoms with Crippen LogP contribution in [0.25, 0.3) is 0 Å². The van der Waals surface area contributed by atoms with E-state index in [1.165, 1.54) is 0 Å². The summed E-state index contributed by atoms with van der Waals surface area (Å²) in [4.78, 5) is 15.7. The average molecular weight is 244 g/mol. The van der Waals surface area contributed by atoms with Gasteiger partial charge in [-0.1, -0.05) is 0 Å². The molecule has 1 aliphatic rings. The van der Waals surface area contributed by atoms with Crippen LogP contribution in [0.1, 0.15) is 12.8 Å². The van der Waals surface area contributed by atoms with E-state index in [0.717, 1.165) is 32.5 Å². The zero-order valence-electron chi connectivity index (χ0n) is 11.0. The summed E-state index contributed by atoms with van der Waals surface area (Å²) < 4.78 is 5.64. The van der Waals surface area contributed by atoms with Gasteiger partial charge >= 0.3 is 0 Å². The fourth-order valence-electron chi connectivity index (χ4n) is 1.94. The second kappa shape index (κ2) is 6.90. The third kappa shape index (κ3) is 4.99. The van der Waals surface area contributed by atoms with Crippen LogP contribution in [0.3, 0.4) is 0 Å². The molecular formula is C11H24N4O2. The summed E-state index contributed by atoms with van der Waals surface area (Å²) in [5.74, 6) is 4.87. The Morgan fingerprint density at radius 3 is 2.65 bits per heavy atom. The Labute approximate surface area is 103 Å². The topological polar surface area (TPSA) is 70.8 Å². The second-order valence-corrected chi connectivity index (χ2v) is 4.90. The highest BCUT2D eigenvalue weighted by Crippen LogP contribution is 2.20. The van der Waals surface area contributed by atoms with Gasteiger partial charge in [-0.05, 0) is 34.0 Å². The van der Waals surface area contributed by atoms with Crippen molar-refractivity contribution in [3.05, 3.63) is 0 Å². The van der Waals surface area contributed by atoms with Gasteiger partial charge in [0.15, 0.2) is 0 Å². The fourth-order valence-corrected chi connectivity index (χ4v) is 1.94. The number of likely N-dealkylation sites (N-methyl/N-ethyl adjacent to an activating group) is 2. The van der Waals surface area contributed by atoms with E-state index in [-0.39, 0.29) is 18.1 Å². The van der Waals surface area contributed by atoms with Crippen molar-refractivity contribution in [2.24, 2.45) is 5.84 Å². The quantitative estimate of drug-likeness (QED) is 0.357. The molecule has 17 heavy (non-hydrogen) atoms. The molecule has 0 aliphatic carbocycles. The van der Waals surface area contributed by atoms with Gasteiger partial charge in [-0.3, -0.25) is 10.2 Å². The molecule has 0 aromatic carbocycles. The van der Waals surface area contributed by atoms with Gasteiger partial charge in [0, 0.05) is 19.6 Å². The van der Waals surface area contributed by atoms with E-state index in [1.807, 2.05) is 0 Å². The van der Waals surface area contributed by atoms with Crippen LogP contribution >= 0.6 is 0 Å². The van der Waals surface area contributed by atoms with Gasteiger partial charge < -0.3 is 14.5 Å². The maximum Gasteiger partial charge on any atom is 0.263 e. The smallest absolute Gasteiger partial charge is 0.263 e. The molecule has 0 saturated carbocycles. The molecule has 0 aromatic heterocycles. The summed E-state index contributed by atoms with van der Waals surface area (Å²) in [7, 11) is 6.19. The van der Waals surface area contributed by atoms with Crippen LogP contribution in [0.5, 0.6) is 0 Å². The van der Waals surface area contributed by atoms with E-state index in [0.29, 0.717) is 0 Å². The maximum atomic E-state index is 11.3. The van der Waals surface area contributed by atoms with Crippen LogP contribution in [0.2, 0.25) is 0 Å². The normalized spacial score (nSPS) is 24.6. The number of hydrogen-bond acceptors (Lipinski definition) is 5. The van der Waals surface area contributed by atoms with E-state index in [4.69, 9.17) is 10.6 Å².